The van der Waals surface area contributed by atoms with E-state index in [1.54, 1.807) is 11.3 Å². The van der Waals surface area contributed by atoms with Crippen molar-refractivity contribution >= 4 is 11.3 Å². The topological polar surface area (TPSA) is 56.3 Å². The molecule has 2 rings (SSSR count). The van der Waals surface area contributed by atoms with Gasteiger partial charge in [-0.05, 0) is 13.0 Å². The lowest BCUT2D eigenvalue weighted by atomic mass is 10.4. The molecule has 96 valence electrons. The Hall–Kier alpha value is -0.560. The Labute approximate surface area is 106 Å². The Kier molecular flexibility index (Phi) is 5.31. The molecule has 1 N–H and O–H groups in total. The molecule has 0 aromatic carbocycles. The van der Waals surface area contributed by atoms with Crippen molar-refractivity contribution < 1.29 is 9.47 Å². The van der Waals surface area contributed by atoms with Crippen LogP contribution in [0.4, 0.5) is 0 Å². The maximum atomic E-state index is 5.59. The monoisotopic (exact) mass is 257 g/mol. The van der Waals surface area contributed by atoms with Gasteiger partial charge in [0.2, 0.25) is 0 Å². The molecule has 1 aromatic rings. The second kappa shape index (κ2) is 7.00. The Morgan fingerprint density at radius 2 is 2.29 bits per heavy atom. The van der Waals surface area contributed by atoms with E-state index in [2.05, 4.69) is 22.4 Å². The summed E-state index contributed by atoms with van der Waals surface area (Å²) in [6.45, 7) is 6.12. The van der Waals surface area contributed by atoms with Crippen LogP contribution in [0.1, 0.15) is 29.5 Å². The molecule has 0 amide bonds. The second-order valence-electron chi connectivity index (χ2n) is 3.97. The van der Waals surface area contributed by atoms with Crippen molar-refractivity contribution in [3.8, 4) is 0 Å². The first-order chi connectivity index (χ1) is 8.40. The molecule has 0 radical (unpaired) electrons. The van der Waals surface area contributed by atoms with Crippen LogP contribution in [0.15, 0.2) is 0 Å². The number of rotatable bonds is 6. The number of hydrogen-bond donors (Lipinski definition) is 1. The standard InChI is InChI=1S/C11H19N3O2S/c1-2-4-12-5-3-10-13-14-11(17-10)9-8-15-6-7-16-9/h9,12H,2-8H2,1H3. The summed E-state index contributed by atoms with van der Waals surface area (Å²) in [5.74, 6) is 0. The summed E-state index contributed by atoms with van der Waals surface area (Å²) in [4.78, 5) is 0. The van der Waals surface area contributed by atoms with E-state index >= 15 is 0 Å². The van der Waals surface area contributed by atoms with Crippen LogP contribution in [0.5, 0.6) is 0 Å². The lowest BCUT2D eigenvalue weighted by Crippen LogP contribution is -2.21. The first-order valence-corrected chi connectivity index (χ1v) is 6.94. The summed E-state index contributed by atoms with van der Waals surface area (Å²) in [6, 6.07) is 0. The summed E-state index contributed by atoms with van der Waals surface area (Å²) in [6.07, 6.45) is 2.08. The van der Waals surface area contributed by atoms with Crippen molar-refractivity contribution in [3.63, 3.8) is 0 Å². The van der Waals surface area contributed by atoms with Crippen molar-refractivity contribution in [1.82, 2.24) is 15.5 Å². The van der Waals surface area contributed by atoms with Gasteiger partial charge in [-0.1, -0.05) is 18.3 Å². The predicted octanol–water partition coefficient (Wildman–Crippen LogP) is 1.17. The number of ether oxygens (including phenoxy) is 2. The van der Waals surface area contributed by atoms with Crippen molar-refractivity contribution in [1.29, 1.82) is 0 Å². The van der Waals surface area contributed by atoms with Crippen LogP contribution in [0.25, 0.3) is 0 Å². The Balaban J connectivity index is 1.78. The summed E-state index contributed by atoms with van der Waals surface area (Å²) >= 11 is 1.63. The fourth-order valence-corrected chi connectivity index (χ4v) is 2.50. The van der Waals surface area contributed by atoms with Gasteiger partial charge in [-0.25, -0.2) is 0 Å². The highest BCUT2D eigenvalue weighted by Gasteiger charge is 2.20. The van der Waals surface area contributed by atoms with Gasteiger partial charge in [-0.15, -0.1) is 10.2 Å². The van der Waals surface area contributed by atoms with Gasteiger partial charge >= 0.3 is 0 Å². The number of nitrogens with one attached hydrogen (secondary N) is 1. The highest BCUT2D eigenvalue weighted by atomic mass is 32.1. The molecule has 0 aliphatic carbocycles. The van der Waals surface area contributed by atoms with E-state index in [9.17, 15) is 0 Å². The van der Waals surface area contributed by atoms with Crippen molar-refractivity contribution in [3.05, 3.63) is 10.0 Å². The minimum absolute atomic E-state index is 0.0152. The zero-order chi connectivity index (χ0) is 11.9. The molecule has 1 aliphatic heterocycles. The Morgan fingerprint density at radius 3 is 3.06 bits per heavy atom. The van der Waals surface area contributed by atoms with E-state index in [4.69, 9.17) is 9.47 Å². The zero-order valence-corrected chi connectivity index (χ0v) is 11.0. The van der Waals surface area contributed by atoms with Gasteiger partial charge in [0.05, 0.1) is 19.8 Å². The van der Waals surface area contributed by atoms with E-state index in [0.717, 1.165) is 35.9 Å². The summed E-state index contributed by atoms with van der Waals surface area (Å²) in [5.41, 5.74) is 0. The molecule has 1 atom stereocenters. The predicted molar refractivity (Wildman–Crippen MR) is 66.3 cm³/mol. The lowest BCUT2D eigenvalue weighted by Gasteiger charge is -2.20. The minimum Gasteiger partial charge on any atom is -0.376 e. The van der Waals surface area contributed by atoms with Crippen LogP contribution in [0, 0.1) is 0 Å². The molecule has 1 saturated heterocycles. The van der Waals surface area contributed by atoms with Gasteiger partial charge in [0.25, 0.3) is 0 Å². The zero-order valence-electron chi connectivity index (χ0n) is 10.1. The fourth-order valence-electron chi connectivity index (χ4n) is 1.63. The van der Waals surface area contributed by atoms with Crippen molar-refractivity contribution in [2.75, 3.05) is 32.9 Å². The second-order valence-corrected chi connectivity index (χ2v) is 5.06. The molecular formula is C11H19N3O2S. The molecule has 2 heterocycles. The van der Waals surface area contributed by atoms with E-state index in [1.807, 2.05) is 0 Å². The molecule has 0 spiro atoms. The quantitative estimate of drug-likeness (QED) is 0.775. The van der Waals surface area contributed by atoms with Crippen LogP contribution < -0.4 is 5.32 Å². The average molecular weight is 257 g/mol. The molecule has 0 bridgehead atoms. The highest BCUT2D eigenvalue weighted by Crippen LogP contribution is 2.23. The molecule has 1 unspecified atom stereocenters. The Morgan fingerprint density at radius 1 is 1.35 bits per heavy atom. The summed E-state index contributed by atoms with van der Waals surface area (Å²) in [7, 11) is 0. The number of hydrogen-bond acceptors (Lipinski definition) is 6. The van der Waals surface area contributed by atoms with E-state index in [-0.39, 0.29) is 6.10 Å². The molecule has 1 aromatic heterocycles. The molecular weight excluding hydrogens is 238 g/mol. The normalized spacial score (nSPS) is 20.6. The van der Waals surface area contributed by atoms with E-state index < -0.39 is 0 Å². The van der Waals surface area contributed by atoms with Crippen LogP contribution >= 0.6 is 11.3 Å². The van der Waals surface area contributed by atoms with Gasteiger partial charge in [0, 0.05) is 13.0 Å². The molecule has 1 fully saturated rings. The first kappa shape index (κ1) is 12.9. The largest absolute Gasteiger partial charge is 0.376 e. The van der Waals surface area contributed by atoms with Gasteiger partial charge < -0.3 is 14.8 Å². The molecule has 1 aliphatic rings. The maximum absolute atomic E-state index is 5.59. The van der Waals surface area contributed by atoms with Gasteiger partial charge in [0.1, 0.15) is 16.1 Å². The van der Waals surface area contributed by atoms with Gasteiger partial charge in [-0.2, -0.15) is 0 Å². The lowest BCUT2D eigenvalue weighted by molar-refractivity contribution is -0.0903. The van der Waals surface area contributed by atoms with Gasteiger partial charge in [-0.3, -0.25) is 0 Å². The molecule has 6 heteroatoms. The first-order valence-electron chi connectivity index (χ1n) is 6.12. The van der Waals surface area contributed by atoms with Crippen LogP contribution in [-0.4, -0.2) is 43.1 Å². The van der Waals surface area contributed by atoms with E-state index in [1.165, 1.54) is 0 Å². The average Bonchev–Trinajstić information content (AvgIpc) is 2.85. The van der Waals surface area contributed by atoms with Crippen LogP contribution in [-0.2, 0) is 15.9 Å². The third kappa shape index (κ3) is 3.99. The number of nitrogens with zero attached hydrogens (tertiary/aromatic N) is 2. The smallest absolute Gasteiger partial charge is 0.148 e. The molecule has 0 saturated carbocycles. The third-order valence-corrected chi connectivity index (χ3v) is 3.59. The van der Waals surface area contributed by atoms with Crippen molar-refractivity contribution in [2.45, 2.75) is 25.9 Å². The fraction of sp³-hybridized carbons (Fsp3) is 0.818. The minimum atomic E-state index is -0.0152. The summed E-state index contributed by atoms with van der Waals surface area (Å²) < 4.78 is 10.9. The highest BCUT2D eigenvalue weighted by molar-refractivity contribution is 7.11. The van der Waals surface area contributed by atoms with Crippen LogP contribution in [0.2, 0.25) is 0 Å². The van der Waals surface area contributed by atoms with Crippen molar-refractivity contribution in [2.24, 2.45) is 0 Å². The molecule has 17 heavy (non-hydrogen) atoms. The summed E-state index contributed by atoms with van der Waals surface area (Å²) in [5, 5.41) is 13.7. The maximum Gasteiger partial charge on any atom is 0.148 e. The Bertz CT molecular complexity index is 326. The van der Waals surface area contributed by atoms with E-state index in [0.29, 0.717) is 19.8 Å². The molecule has 5 nitrogen and oxygen atoms in total. The van der Waals surface area contributed by atoms with Gasteiger partial charge in [0.15, 0.2) is 0 Å². The van der Waals surface area contributed by atoms with Crippen LogP contribution in [0.3, 0.4) is 0 Å². The number of aromatic nitrogens is 2. The third-order valence-electron chi connectivity index (χ3n) is 2.52. The SMILES string of the molecule is CCCNCCc1nnc(C2COCCO2)s1.